The summed E-state index contributed by atoms with van der Waals surface area (Å²) < 4.78 is 5.30. The zero-order valence-electron chi connectivity index (χ0n) is 21.2. The SMILES string of the molecule is COC1CN(Cc2cc(O)c3c(c2Cl)C[C@H]2C[C@H]4[C@H](N(C)C)C(=O)C(C(N)=O)=C(O)[C@@]4(O)C(=O)C2=C3O)C1. The van der Waals surface area contributed by atoms with Crippen molar-refractivity contribution in [3.05, 3.63) is 44.7 Å². The van der Waals surface area contributed by atoms with Crippen LogP contribution in [0.1, 0.15) is 23.1 Å². The molecule has 0 aromatic heterocycles. The molecular formula is C26H30ClN3O8. The van der Waals surface area contributed by atoms with Crippen LogP contribution in [0.2, 0.25) is 5.02 Å². The fourth-order valence-corrected chi connectivity index (χ4v) is 6.79. The summed E-state index contributed by atoms with van der Waals surface area (Å²) in [4.78, 5) is 42.6. The number of aromatic hydroxyl groups is 1. The molecule has 6 N–H and O–H groups in total. The summed E-state index contributed by atoms with van der Waals surface area (Å²) >= 11 is 6.77. The maximum absolute atomic E-state index is 13.8. The maximum atomic E-state index is 13.8. The average molecular weight is 548 g/mol. The second-order valence-electron chi connectivity index (χ2n) is 10.7. The number of ether oxygens (including phenoxy) is 1. The van der Waals surface area contributed by atoms with Gasteiger partial charge < -0.3 is 30.9 Å². The molecule has 11 nitrogen and oxygen atoms in total. The number of phenolic OH excluding ortho intramolecular Hbond substituents is 1. The fraction of sp³-hybridized carbons (Fsp3) is 0.500. The highest BCUT2D eigenvalue weighted by Gasteiger charge is 2.64. The summed E-state index contributed by atoms with van der Waals surface area (Å²) in [7, 11) is 4.75. The molecule has 0 bridgehead atoms. The molecule has 5 rings (SSSR count). The smallest absolute Gasteiger partial charge is 0.255 e. The zero-order valence-corrected chi connectivity index (χ0v) is 21.9. The van der Waals surface area contributed by atoms with Crippen molar-refractivity contribution in [2.75, 3.05) is 34.3 Å². The van der Waals surface area contributed by atoms with E-state index in [0.717, 1.165) is 0 Å². The van der Waals surface area contributed by atoms with Crippen LogP contribution in [0.4, 0.5) is 0 Å². The molecule has 1 heterocycles. The highest BCUT2D eigenvalue weighted by Crippen LogP contribution is 2.53. The lowest BCUT2D eigenvalue weighted by molar-refractivity contribution is -0.153. The van der Waals surface area contributed by atoms with Gasteiger partial charge in [0.05, 0.1) is 17.7 Å². The van der Waals surface area contributed by atoms with Crippen molar-refractivity contribution >= 4 is 34.8 Å². The van der Waals surface area contributed by atoms with E-state index in [4.69, 9.17) is 22.1 Å². The van der Waals surface area contributed by atoms with Crippen LogP contribution in [0.3, 0.4) is 0 Å². The van der Waals surface area contributed by atoms with Crippen molar-refractivity contribution < 1.29 is 39.5 Å². The van der Waals surface area contributed by atoms with Crippen LogP contribution in [0, 0.1) is 11.8 Å². The molecule has 4 aliphatic rings. The van der Waals surface area contributed by atoms with Gasteiger partial charge >= 0.3 is 0 Å². The number of likely N-dealkylation sites (N-methyl/N-ethyl adjacent to an activating group) is 1. The summed E-state index contributed by atoms with van der Waals surface area (Å²) in [5, 5.41) is 45.0. The number of rotatable bonds is 5. The van der Waals surface area contributed by atoms with E-state index in [0.29, 0.717) is 35.8 Å². The standard InChI is InChI=1S/C26H30ClN3O8/c1-29(2)20-14-5-10-4-13-17(15(31)6-11(19(13)27)7-30-8-12(9-30)38-3)21(32)16(10)23(34)26(14,37)24(35)18(22(20)33)25(28)36/h6,10,12,14,20,31-32,35,37H,4-5,7-9H2,1-3H3,(H2,28,36)/t10-,14-,20-,26-/m0/s1. The Morgan fingerprint density at radius 2 is 1.92 bits per heavy atom. The molecular weight excluding hydrogens is 518 g/mol. The van der Waals surface area contributed by atoms with Crippen LogP contribution in [0.15, 0.2) is 23.0 Å². The van der Waals surface area contributed by atoms with E-state index in [-0.39, 0.29) is 35.8 Å². The number of carbonyl (C=O) groups is 3. The molecule has 1 saturated heterocycles. The van der Waals surface area contributed by atoms with Gasteiger partial charge in [0.25, 0.3) is 5.91 Å². The van der Waals surface area contributed by atoms with Crippen molar-refractivity contribution in [2.24, 2.45) is 17.6 Å². The Balaban J connectivity index is 1.62. The molecule has 1 aromatic rings. The first kappa shape index (κ1) is 26.6. The topological polar surface area (TPSA) is 174 Å². The third-order valence-electron chi connectivity index (χ3n) is 8.38. The molecule has 1 aromatic carbocycles. The second kappa shape index (κ2) is 9.06. The number of aliphatic hydroxyl groups is 3. The molecule has 3 aliphatic carbocycles. The summed E-state index contributed by atoms with van der Waals surface area (Å²) in [5.41, 5.74) is 2.70. The summed E-state index contributed by atoms with van der Waals surface area (Å²) in [6.45, 7) is 1.87. The lowest BCUT2D eigenvalue weighted by Gasteiger charge is -2.50. The quantitative estimate of drug-likeness (QED) is 0.325. The van der Waals surface area contributed by atoms with Gasteiger partial charge in [-0.3, -0.25) is 24.2 Å². The van der Waals surface area contributed by atoms with Crippen LogP contribution >= 0.6 is 11.6 Å². The van der Waals surface area contributed by atoms with Crippen LogP contribution in [0.5, 0.6) is 5.75 Å². The van der Waals surface area contributed by atoms with Crippen molar-refractivity contribution in [3.63, 3.8) is 0 Å². The van der Waals surface area contributed by atoms with E-state index in [2.05, 4.69) is 4.90 Å². The van der Waals surface area contributed by atoms with Crippen molar-refractivity contribution in [1.29, 1.82) is 0 Å². The van der Waals surface area contributed by atoms with Gasteiger partial charge in [-0.05, 0) is 50.0 Å². The predicted molar refractivity (Wildman–Crippen MR) is 135 cm³/mol. The molecule has 204 valence electrons. The summed E-state index contributed by atoms with van der Waals surface area (Å²) in [6.07, 6.45) is 0.286. The highest BCUT2D eigenvalue weighted by atomic mass is 35.5. The molecule has 0 unspecified atom stereocenters. The number of ketones is 2. The molecule has 1 amide bonds. The largest absolute Gasteiger partial charge is 0.508 e. The molecule has 0 spiro atoms. The first-order valence-corrected chi connectivity index (χ1v) is 12.6. The van der Waals surface area contributed by atoms with E-state index in [1.165, 1.54) is 11.0 Å². The van der Waals surface area contributed by atoms with Gasteiger partial charge in [0.15, 0.2) is 11.4 Å². The number of nitrogens with zero attached hydrogens (tertiary/aromatic N) is 2. The number of hydrogen-bond donors (Lipinski definition) is 5. The van der Waals surface area contributed by atoms with Gasteiger partial charge in [-0.15, -0.1) is 0 Å². The molecule has 2 fully saturated rings. The van der Waals surface area contributed by atoms with Gasteiger partial charge in [0.1, 0.15) is 22.8 Å². The van der Waals surface area contributed by atoms with E-state index >= 15 is 0 Å². The van der Waals surface area contributed by atoms with Gasteiger partial charge in [0, 0.05) is 43.3 Å². The molecule has 1 aliphatic heterocycles. The van der Waals surface area contributed by atoms with Crippen LogP contribution in [0.25, 0.3) is 5.76 Å². The number of benzene rings is 1. The average Bonchev–Trinajstić information content (AvgIpc) is 2.80. The predicted octanol–water partition coefficient (Wildman–Crippen LogP) is 0.448. The summed E-state index contributed by atoms with van der Waals surface area (Å²) in [6, 6.07) is 0.301. The van der Waals surface area contributed by atoms with E-state index in [1.54, 1.807) is 21.2 Å². The van der Waals surface area contributed by atoms with E-state index in [9.17, 15) is 34.8 Å². The first-order chi connectivity index (χ1) is 17.8. The van der Waals surface area contributed by atoms with Gasteiger partial charge in [-0.25, -0.2) is 0 Å². The van der Waals surface area contributed by atoms with E-state index < -0.39 is 58.0 Å². The molecule has 12 heteroatoms. The number of phenols is 1. The lowest BCUT2D eigenvalue weighted by Crippen LogP contribution is -2.65. The Bertz CT molecular complexity index is 1330. The molecule has 0 radical (unpaired) electrons. The van der Waals surface area contributed by atoms with Crippen molar-refractivity contribution in [3.8, 4) is 5.75 Å². The molecule has 4 atom stereocenters. The van der Waals surface area contributed by atoms with Gasteiger partial charge in [-0.2, -0.15) is 0 Å². The zero-order chi connectivity index (χ0) is 27.8. The molecule has 38 heavy (non-hydrogen) atoms. The number of primary amides is 1. The van der Waals surface area contributed by atoms with Crippen molar-refractivity contribution in [1.82, 2.24) is 9.80 Å². The number of carbonyl (C=O) groups excluding carboxylic acids is 3. The number of nitrogens with two attached hydrogens (primary N) is 1. The second-order valence-corrected chi connectivity index (χ2v) is 11.1. The lowest BCUT2D eigenvalue weighted by atomic mass is 9.57. The number of methoxy groups -OCH3 is 1. The fourth-order valence-electron chi connectivity index (χ4n) is 6.50. The normalized spacial score (nSPS) is 29.8. The van der Waals surface area contributed by atoms with Gasteiger partial charge in [0.2, 0.25) is 5.78 Å². The first-order valence-electron chi connectivity index (χ1n) is 12.3. The van der Waals surface area contributed by atoms with E-state index in [1.807, 2.05) is 0 Å². The minimum absolute atomic E-state index is 0.00865. The number of hydrogen-bond acceptors (Lipinski definition) is 10. The number of amides is 1. The van der Waals surface area contributed by atoms with Gasteiger partial charge in [-0.1, -0.05) is 11.6 Å². The number of Topliss-reactive ketones (excluding diaryl/α,β-unsaturated/α-hetero) is 2. The van der Waals surface area contributed by atoms with Crippen molar-refractivity contribution in [2.45, 2.75) is 37.1 Å². The Kier molecular flexibility index (Phi) is 6.35. The monoisotopic (exact) mass is 547 g/mol. The summed E-state index contributed by atoms with van der Waals surface area (Å²) in [5.74, 6) is -6.89. The van der Waals surface area contributed by atoms with Crippen LogP contribution in [-0.4, -0.2) is 99.7 Å². The maximum Gasteiger partial charge on any atom is 0.255 e. The number of aliphatic hydroxyl groups excluding tert-OH is 2. The minimum atomic E-state index is -2.67. The third-order valence-corrected chi connectivity index (χ3v) is 8.85. The Morgan fingerprint density at radius 1 is 1.26 bits per heavy atom. The molecule has 1 saturated carbocycles. The van der Waals surface area contributed by atoms with Crippen LogP contribution in [-0.2, 0) is 32.1 Å². The highest BCUT2D eigenvalue weighted by molar-refractivity contribution is 6.32. The Hall–Kier alpha value is -2.96. The number of likely N-dealkylation sites (tertiary alicyclic amines) is 1. The minimum Gasteiger partial charge on any atom is -0.508 e. The number of fused-ring (bicyclic) bond motifs is 3. The van der Waals surface area contributed by atoms with Crippen LogP contribution < -0.4 is 5.73 Å². The Morgan fingerprint density at radius 3 is 2.50 bits per heavy atom. The number of halogens is 1. The Labute approximate surface area is 223 Å². The third kappa shape index (κ3) is 3.60.